The van der Waals surface area contributed by atoms with E-state index in [0.29, 0.717) is 5.76 Å². The van der Waals surface area contributed by atoms with Crippen LogP contribution in [0.15, 0.2) is 52.3 Å². The molecule has 2 aromatic carbocycles. The van der Waals surface area contributed by atoms with Gasteiger partial charge in [0.25, 0.3) is 0 Å². The highest BCUT2D eigenvalue weighted by Crippen LogP contribution is 2.34. The van der Waals surface area contributed by atoms with Gasteiger partial charge in [-0.1, -0.05) is 36.4 Å². The largest absolute Gasteiger partial charge is 0.459 e. The molecule has 1 aliphatic rings. The normalized spacial score (nSPS) is 15.4. The highest BCUT2D eigenvalue weighted by Gasteiger charge is 2.23. The third kappa shape index (κ3) is 3.90. The van der Waals surface area contributed by atoms with Crippen molar-refractivity contribution in [2.75, 3.05) is 13.6 Å². The number of benzene rings is 2. The molecule has 0 saturated carbocycles. The number of rotatable bonds is 5. The van der Waals surface area contributed by atoms with Gasteiger partial charge >= 0.3 is 0 Å². The van der Waals surface area contributed by atoms with Crippen LogP contribution in [0.4, 0.5) is 0 Å². The summed E-state index contributed by atoms with van der Waals surface area (Å²) >= 11 is 0. The Morgan fingerprint density at radius 3 is 2.71 bits per heavy atom. The van der Waals surface area contributed by atoms with Crippen LogP contribution in [0.5, 0.6) is 0 Å². The lowest BCUT2D eigenvalue weighted by Crippen LogP contribution is -2.22. The Balaban J connectivity index is 1.61. The van der Waals surface area contributed by atoms with Gasteiger partial charge in [-0.3, -0.25) is 0 Å². The van der Waals surface area contributed by atoms with E-state index in [4.69, 9.17) is 4.42 Å². The van der Waals surface area contributed by atoms with E-state index >= 15 is 0 Å². The SMILES string of the molecule is Cc1ccc2oc(CNS(=O)(=O)C=Cc3ccccc3)c3c2c1CCN(C)C3. The minimum Gasteiger partial charge on any atom is -0.459 e. The molecule has 0 spiro atoms. The number of likely N-dealkylation sites (N-methyl/N-ethyl adjacent to an activating group) is 1. The van der Waals surface area contributed by atoms with Crippen molar-refractivity contribution >= 4 is 27.1 Å². The standard InChI is InChI=1S/C22H24N2O3S/c1-16-8-9-20-22-18(16)10-12-24(2)15-19(22)21(27-20)14-23-28(25,26)13-11-17-6-4-3-5-7-17/h3-9,11,13,23H,10,12,14-15H2,1-2H3. The molecule has 2 heterocycles. The quantitative estimate of drug-likeness (QED) is 0.712. The van der Waals surface area contributed by atoms with E-state index in [2.05, 4.69) is 29.7 Å². The second-order valence-electron chi connectivity index (χ2n) is 7.31. The Morgan fingerprint density at radius 2 is 1.93 bits per heavy atom. The molecule has 0 saturated heterocycles. The summed E-state index contributed by atoms with van der Waals surface area (Å²) in [5, 5.41) is 2.35. The number of hydrogen-bond acceptors (Lipinski definition) is 4. The summed E-state index contributed by atoms with van der Waals surface area (Å²) < 4.78 is 33.5. The maximum atomic E-state index is 12.4. The first-order chi connectivity index (χ1) is 13.4. The van der Waals surface area contributed by atoms with Gasteiger partial charge in [-0.05, 0) is 49.2 Å². The first kappa shape index (κ1) is 18.9. The molecule has 1 aromatic heterocycles. The van der Waals surface area contributed by atoms with Gasteiger partial charge in [-0.15, -0.1) is 0 Å². The zero-order valence-electron chi connectivity index (χ0n) is 16.1. The average Bonchev–Trinajstić information content (AvgIpc) is 2.92. The third-order valence-corrected chi connectivity index (χ3v) is 6.27. The highest BCUT2D eigenvalue weighted by atomic mass is 32.2. The molecule has 0 fully saturated rings. The Morgan fingerprint density at radius 1 is 1.14 bits per heavy atom. The van der Waals surface area contributed by atoms with Crippen LogP contribution in [0.25, 0.3) is 17.0 Å². The fourth-order valence-corrected chi connectivity index (χ4v) is 4.48. The van der Waals surface area contributed by atoms with Crippen molar-refractivity contribution in [2.24, 2.45) is 0 Å². The Hall–Kier alpha value is -2.41. The maximum absolute atomic E-state index is 12.4. The molecule has 0 atom stereocenters. The number of aryl methyl sites for hydroxylation is 1. The van der Waals surface area contributed by atoms with Crippen LogP contribution >= 0.6 is 0 Å². The van der Waals surface area contributed by atoms with Gasteiger partial charge in [0.05, 0.1) is 6.54 Å². The van der Waals surface area contributed by atoms with Crippen LogP contribution in [0, 0.1) is 6.92 Å². The van der Waals surface area contributed by atoms with Crippen molar-refractivity contribution in [3.63, 3.8) is 0 Å². The van der Waals surface area contributed by atoms with Crippen LogP contribution in [0.1, 0.15) is 28.0 Å². The van der Waals surface area contributed by atoms with Crippen molar-refractivity contribution in [1.29, 1.82) is 0 Å². The molecular formula is C22H24N2O3S. The monoisotopic (exact) mass is 396 g/mol. The molecule has 5 nitrogen and oxygen atoms in total. The highest BCUT2D eigenvalue weighted by molar-refractivity contribution is 7.92. The molecule has 4 rings (SSSR count). The van der Waals surface area contributed by atoms with Crippen molar-refractivity contribution in [3.05, 3.63) is 75.9 Å². The third-order valence-electron chi connectivity index (χ3n) is 5.23. The van der Waals surface area contributed by atoms with Crippen molar-refractivity contribution in [3.8, 4) is 0 Å². The molecule has 3 aromatic rings. The van der Waals surface area contributed by atoms with E-state index in [9.17, 15) is 8.42 Å². The van der Waals surface area contributed by atoms with Crippen molar-refractivity contribution in [2.45, 2.75) is 26.4 Å². The average molecular weight is 397 g/mol. The lowest BCUT2D eigenvalue weighted by Gasteiger charge is -2.13. The van der Waals surface area contributed by atoms with E-state index in [1.165, 1.54) is 16.5 Å². The molecule has 0 radical (unpaired) electrons. The van der Waals surface area contributed by atoms with Crippen LogP contribution in [-0.2, 0) is 29.5 Å². The van der Waals surface area contributed by atoms with Gasteiger partial charge in [0, 0.05) is 29.4 Å². The number of nitrogens with zero attached hydrogens (tertiary/aromatic N) is 1. The number of furan rings is 1. The molecule has 0 aliphatic carbocycles. The molecule has 1 aliphatic heterocycles. The van der Waals surface area contributed by atoms with Crippen LogP contribution in [0.2, 0.25) is 0 Å². The van der Waals surface area contributed by atoms with E-state index < -0.39 is 10.0 Å². The second-order valence-corrected chi connectivity index (χ2v) is 8.96. The second kappa shape index (κ2) is 7.54. The fraction of sp³-hybridized carbons (Fsp3) is 0.273. The Bertz CT molecular complexity index is 1130. The summed E-state index contributed by atoms with van der Waals surface area (Å²) in [4.78, 5) is 2.25. The van der Waals surface area contributed by atoms with E-state index in [1.807, 2.05) is 36.4 Å². The van der Waals surface area contributed by atoms with Crippen LogP contribution in [0.3, 0.4) is 0 Å². The summed E-state index contributed by atoms with van der Waals surface area (Å²) in [5.41, 5.74) is 5.31. The zero-order valence-corrected chi connectivity index (χ0v) is 16.9. The molecule has 0 unspecified atom stereocenters. The van der Waals surface area contributed by atoms with Gasteiger partial charge < -0.3 is 9.32 Å². The Labute approximate surface area is 165 Å². The van der Waals surface area contributed by atoms with Gasteiger partial charge in [-0.25, -0.2) is 13.1 Å². The van der Waals surface area contributed by atoms with Gasteiger partial charge in [0.15, 0.2) is 0 Å². The van der Waals surface area contributed by atoms with Gasteiger partial charge in [0.2, 0.25) is 10.0 Å². The number of hydrogen-bond donors (Lipinski definition) is 1. The predicted molar refractivity (Wildman–Crippen MR) is 112 cm³/mol. The summed E-state index contributed by atoms with van der Waals surface area (Å²) in [6.45, 7) is 3.98. The van der Waals surface area contributed by atoms with Gasteiger partial charge in [0.1, 0.15) is 11.3 Å². The number of nitrogens with one attached hydrogen (secondary N) is 1. The van der Waals surface area contributed by atoms with E-state index in [1.54, 1.807) is 6.08 Å². The molecule has 0 bridgehead atoms. The van der Waals surface area contributed by atoms with Gasteiger partial charge in [-0.2, -0.15) is 0 Å². The zero-order chi connectivity index (χ0) is 19.7. The van der Waals surface area contributed by atoms with Crippen molar-refractivity contribution in [1.82, 2.24) is 9.62 Å². The first-order valence-corrected chi connectivity index (χ1v) is 10.9. The summed E-state index contributed by atoms with van der Waals surface area (Å²) in [5.74, 6) is 0.687. The summed E-state index contributed by atoms with van der Waals surface area (Å²) in [6, 6.07) is 13.4. The minimum atomic E-state index is -3.57. The summed E-state index contributed by atoms with van der Waals surface area (Å²) in [6.07, 6.45) is 2.56. The Kier molecular flexibility index (Phi) is 5.10. The predicted octanol–water partition coefficient (Wildman–Crippen LogP) is 3.82. The van der Waals surface area contributed by atoms with E-state index in [0.717, 1.165) is 41.6 Å². The summed E-state index contributed by atoms with van der Waals surface area (Å²) in [7, 11) is -1.49. The van der Waals surface area contributed by atoms with Crippen LogP contribution in [-0.4, -0.2) is 26.9 Å². The lowest BCUT2D eigenvalue weighted by molar-refractivity contribution is 0.332. The molecule has 1 N–H and O–H groups in total. The first-order valence-electron chi connectivity index (χ1n) is 9.37. The van der Waals surface area contributed by atoms with E-state index in [-0.39, 0.29) is 6.54 Å². The minimum absolute atomic E-state index is 0.137. The number of sulfonamides is 1. The lowest BCUT2D eigenvalue weighted by atomic mass is 9.99. The van der Waals surface area contributed by atoms with Crippen LogP contribution < -0.4 is 4.72 Å². The molecule has 28 heavy (non-hydrogen) atoms. The fourth-order valence-electron chi connectivity index (χ4n) is 3.71. The molecule has 146 valence electrons. The molecular weight excluding hydrogens is 372 g/mol. The maximum Gasteiger partial charge on any atom is 0.234 e. The smallest absolute Gasteiger partial charge is 0.234 e. The molecule has 6 heteroatoms. The molecule has 0 amide bonds. The topological polar surface area (TPSA) is 62.6 Å². The van der Waals surface area contributed by atoms with Crippen molar-refractivity contribution < 1.29 is 12.8 Å².